The molecule has 0 bridgehead atoms. The molecule has 2 aromatic carbocycles. The van der Waals surface area contributed by atoms with Crippen LogP contribution in [0.5, 0.6) is 11.6 Å². The Bertz CT molecular complexity index is 1760. The number of nitrogens with zero attached hydrogens (tertiary/aromatic N) is 4. The smallest absolute Gasteiger partial charge is 0.342 e. The highest BCUT2D eigenvalue weighted by Crippen LogP contribution is 2.41. The van der Waals surface area contributed by atoms with Gasteiger partial charge in [0.2, 0.25) is 5.88 Å². The number of nitrogen functional groups attached to an aromatic ring is 1. The fourth-order valence-corrected chi connectivity index (χ4v) is 5.15. The normalized spacial score (nSPS) is 11.1. The molecular weight excluding hydrogens is 520 g/mol. The minimum absolute atomic E-state index is 0.139. The molecule has 3 heterocycles. The molecule has 0 fully saturated rings. The third kappa shape index (κ3) is 4.82. The number of pyridine rings is 1. The highest BCUT2D eigenvalue weighted by molar-refractivity contribution is 6.13. The molecule has 41 heavy (non-hydrogen) atoms. The number of carbonyl (C=O) groups excluding carboxylic acids is 1. The van der Waals surface area contributed by atoms with Crippen molar-refractivity contribution in [3.05, 3.63) is 88.4 Å². The number of benzene rings is 2. The third-order valence-electron chi connectivity index (χ3n) is 7.06. The number of aryl methyl sites for hydroxylation is 2. The lowest BCUT2D eigenvalue weighted by molar-refractivity contribution is 0.0604. The van der Waals surface area contributed by atoms with Gasteiger partial charge in [-0.25, -0.2) is 19.7 Å². The van der Waals surface area contributed by atoms with E-state index in [-0.39, 0.29) is 17.9 Å². The van der Waals surface area contributed by atoms with Gasteiger partial charge in [0.15, 0.2) is 5.65 Å². The molecule has 0 spiro atoms. The van der Waals surface area contributed by atoms with Crippen LogP contribution in [0, 0.1) is 20.8 Å². The quantitative estimate of drug-likeness (QED) is 0.259. The molecule has 0 unspecified atom stereocenters. The fraction of sp³-hybridized carbons (Fsp3) is 0.226. The predicted molar refractivity (Wildman–Crippen MR) is 157 cm³/mol. The molecule has 10 nitrogen and oxygen atoms in total. The Kier molecular flexibility index (Phi) is 7.58. The lowest BCUT2D eigenvalue weighted by Crippen LogP contribution is -2.10. The molecule has 5 rings (SSSR count). The molecule has 0 aliphatic rings. The summed E-state index contributed by atoms with van der Waals surface area (Å²) in [7, 11) is 2.84. The summed E-state index contributed by atoms with van der Waals surface area (Å²) in [5, 5.41) is 0.442. The van der Waals surface area contributed by atoms with E-state index in [4.69, 9.17) is 35.6 Å². The number of methoxy groups -OCH3 is 2. The number of fused-ring (bicyclic) bond motifs is 1. The van der Waals surface area contributed by atoms with Crippen LogP contribution in [0.25, 0.3) is 28.0 Å². The van der Waals surface area contributed by atoms with E-state index >= 15 is 0 Å². The molecule has 4 N–H and O–H groups in total. The number of carbonyl (C=O) groups is 1. The van der Waals surface area contributed by atoms with E-state index in [1.165, 1.54) is 14.2 Å². The average molecular weight is 553 g/mol. The fourth-order valence-electron chi connectivity index (χ4n) is 5.15. The second kappa shape index (κ2) is 11.3. The molecule has 10 heteroatoms. The van der Waals surface area contributed by atoms with E-state index in [0.29, 0.717) is 51.9 Å². The Morgan fingerprint density at radius 2 is 1.76 bits per heavy atom. The second-order valence-electron chi connectivity index (χ2n) is 9.58. The van der Waals surface area contributed by atoms with Crippen molar-refractivity contribution >= 4 is 22.8 Å². The lowest BCUT2D eigenvalue weighted by Gasteiger charge is -2.18. The minimum atomic E-state index is -0.609. The first-order valence-corrected chi connectivity index (χ1v) is 13.1. The summed E-state index contributed by atoms with van der Waals surface area (Å²) in [4.78, 5) is 27.1. The molecule has 0 saturated heterocycles. The van der Waals surface area contributed by atoms with Gasteiger partial charge in [0, 0.05) is 29.4 Å². The van der Waals surface area contributed by atoms with Gasteiger partial charge in [-0.3, -0.25) is 4.57 Å². The number of aromatic nitrogens is 4. The number of hydrogen-bond donors (Lipinski definition) is 2. The standard InChI is InChI=1S/C31H32N6O4/c1-17-11-12-23(41-16-20-9-7-6-8-10-20)18(2)27(17)37-28(33)25(31(38)40-5)24-26(35-19(3)36-29(24)37)21-13-14-34-30(39-4)22(21)15-32/h6-14H,15-16,32-33H2,1-5H3. The summed E-state index contributed by atoms with van der Waals surface area (Å²) >= 11 is 0. The Morgan fingerprint density at radius 1 is 1.00 bits per heavy atom. The van der Waals surface area contributed by atoms with E-state index in [0.717, 1.165) is 22.4 Å². The van der Waals surface area contributed by atoms with E-state index in [2.05, 4.69) is 4.98 Å². The van der Waals surface area contributed by atoms with Crippen molar-refractivity contribution < 1.29 is 19.0 Å². The van der Waals surface area contributed by atoms with Gasteiger partial charge in [0.25, 0.3) is 0 Å². The van der Waals surface area contributed by atoms with Gasteiger partial charge in [-0.05, 0) is 44.0 Å². The largest absolute Gasteiger partial charge is 0.489 e. The van der Waals surface area contributed by atoms with Crippen LogP contribution in [0.4, 0.5) is 5.82 Å². The maximum absolute atomic E-state index is 13.3. The maximum atomic E-state index is 13.3. The van der Waals surface area contributed by atoms with Crippen LogP contribution in [-0.2, 0) is 17.9 Å². The van der Waals surface area contributed by atoms with Gasteiger partial charge in [0.1, 0.15) is 29.6 Å². The summed E-state index contributed by atoms with van der Waals surface area (Å²) < 4.78 is 18.7. The molecule has 3 aromatic heterocycles. The monoisotopic (exact) mass is 552 g/mol. The Hall–Kier alpha value is -4.96. The highest BCUT2D eigenvalue weighted by Gasteiger charge is 2.30. The van der Waals surface area contributed by atoms with Crippen LogP contribution in [0.3, 0.4) is 0 Å². The first kappa shape index (κ1) is 27.6. The van der Waals surface area contributed by atoms with E-state index in [9.17, 15) is 4.79 Å². The summed E-state index contributed by atoms with van der Waals surface area (Å²) in [6, 6.07) is 15.6. The van der Waals surface area contributed by atoms with Gasteiger partial charge in [-0.15, -0.1) is 0 Å². The number of anilines is 1. The van der Waals surface area contributed by atoms with Crippen LogP contribution in [0.2, 0.25) is 0 Å². The predicted octanol–water partition coefficient (Wildman–Crippen LogP) is 4.82. The van der Waals surface area contributed by atoms with E-state index in [1.54, 1.807) is 23.8 Å². The van der Waals surface area contributed by atoms with Crippen LogP contribution in [-0.4, -0.2) is 39.7 Å². The van der Waals surface area contributed by atoms with Crippen LogP contribution in [0.15, 0.2) is 54.7 Å². The molecule has 5 aromatic rings. The number of ether oxygens (including phenoxy) is 3. The Morgan fingerprint density at radius 3 is 2.44 bits per heavy atom. The zero-order valence-corrected chi connectivity index (χ0v) is 23.7. The van der Waals surface area contributed by atoms with Crippen molar-refractivity contribution in [3.63, 3.8) is 0 Å². The van der Waals surface area contributed by atoms with Gasteiger partial charge in [-0.2, -0.15) is 0 Å². The number of hydrogen-bond acceptors (Lipinski definition) is 9. The number of nitrogens with two attached hydrogens (primary N) is 2. The lowest BCUT2D eigenvalue weighted by atomic mass is 10.0. The van der Waals surface area contributed by atoms with Gasteiger partial charge in [0.05, 0.1) is 31.0 Å². The first-order valence-electron chi connectivity index (χ1n) is 13.1. The zero-order valence-electron chi connectivity index (χ0n) is 23.7. The SMILES string of the molecule is COC(=O)c1c(N)n(-c2c(C)ccc(OCc3ccccc3)c2C)c2nc(C)nc(-c3ccnc(OC)c3CN)c12. The molecule has 0 aliphatic carbocycles. The highest BCUT2D eigenvalue weighted by atomic mass is 16.5. The first-order chi connectivity index (χ1) is 19.8. The maximum Gasteiger partial charge on any atom is 0.342 e. The Balaban J connectivity index is 1.80. The van der Waals surface area contributed by atoms with Crippen molar-refractivity contribution in [2.24, 2.45) is 5.73 Å². The van der Waals surface area contributed by atoms with Crippen molar-refractivity contribution in [2.45, 2.75) is 33.9 Å². The topological polar surface area (TPSA) is 140 Å². The molecule has 0 aliphatic heterocycles. The minimum Gasteiger partial charge on any atom is -0.489 e. The van der Waals surface area contributed by atoms with Crippen LogP contribution < -0.4 is 20.9 Å². The third-order valence-corrected chi connectivity index (χ3v) is 7.06. The molecule has 0 amide bonds. The van der Waals surface area contributed by atoms with Crippen molar-refractivity contribution in [1.29, 1.82) is 0 Å². The van der Waals surface area contributed by atoms with E-state index < -0.39 is 5.97 Å². The molecule has 0 atom stereocenters. The summed E-state index contributed by atoms with van der Waals surface area (Å²) in [6.07, 6.45) is 1.61. The second-order valence-corrected chi connectivity index (χ2v) is 9.58. The van der Waals surface area contributed by atoms with Crippen molar-refractivity contribution in [3.8, 4) is 28.6 Å². The Labute approximate surface area is 237 Å². The van der Waals surface area contributed by atoms with Crippen molar-refractivity contribution in [1.82, 2.24) is 19.5 Å². The van der Waals surface area contributed by atoms with E-state index in [1.807, 2.05) is 56.3 Å². The number of esters is 1. The van der Waals surface area contributed by atoms with Crippen LogP contribution in [0.1, 0.15) is 38.4 Å². The molecule has 0 radical (unpaired) electrons. The molecule has 0 saturated carbocycles. The van der Waals surface area contributed by atoms with Gasteiger partial charge >= 0.3 is 5.97 Å². The van der Waals surface area contributed by atoms with Gasteiger partial charge < -0.3 is 25.7 Å². The summed E-state index contributed by atoms with van der Waals surface area (Å²) in [5.74, 6) is 1.10. The average Bonchev–Trinajstić information content (AvgIpc) is 3.27. The van der Waals surface area contributed by atoms with Crippen LogP contribution >= 0.6 is 0 Å². The number of rotatable bonds is 8. The molecular formula is C31H32N6O4. The zero-order chi connectivity index (χ0) is 29.3. The van der Waals surface area contributed by atoms with Crippen molar-refractivity contribution in [2.75, 3.05) is 20.0 Å². The molecule has 210 valence electrons. The summed E-state index contributed by atoms with van der Waals surface area (Å²) in [6.45, 7) is 6.26. The van der Waals surface area contributed by atoms with Gasteiger partial charge in [-0.1, -0.05) is 36.4 Å². The summed E-state index contributed by atoms with van der Waals surface area (Å²) in [5.41, 5.74) is 18.9.